The third kappa shape index (κ3) is 2.10. The summed E-state index contributed by atoms with van der Waals surface area (Å²) in [6.45, 7) is 3.67. The molecule has 0 saturated heterocycles. The highest BCUT2D eigenvalue weighted by Crippen LogP contribution is 2.44. The number of fused-ring (bicyclic) bond motifs is 1. The number of hydrogen-bond acceptors (Lipinski definition) is 6. The van der Waals surface area contributed by atoms with Crippen LogP contribution in [0, 0.1) is 0 Å². The van der Waals surface area contributed by atoms with Gasteiger partial charge in [-0.2, -0.15) is 0 Å². The molecule has 2 aliphatic rings. The van der Waals surface area contributed by atoms with Gasteiger partial charge in [0.1, 0.15) is 6.33 Å². The van der Waals surface area contributed by atoms with Crippen molar-refractivity contribution in [2.45, 2.75) is 38.4 Å². The molecule has 1 N–H and O–H groups in total. The number of rotatable bonds is 4. The first-order valence-electron chi connectivity index (χ1n) is 7.11. The molecule has 1 aliphatic heterocycles. The fraction of sp³-hybridized carbons (Fsp3) is 0.615. The minimum Gasteiger partial charge on any atom is -0.339 e. The van der Waals surface area contributed by atoms with Crippen molar-refractivity contribution in [3.8, 4) is 0 Å². The van der Waals surface area contributed by atoms with E-state index in [1.54, 1.807) is 0 Å². The van der Waals surface area contributed by atoms with E-state index in [4.69, 9.17) is 4.98 Å². The lowest BCUT2D eigenvalue weighted by Crippen LogP contribution is -2.33. The molecule has 1 saturated carbocycles. The zero-order valence-electron chi connectivity index (χ0n) is 11.5. The van der Waals surface area contributed by atoms with E-state index in [9.17, 15) is 0 Å². The molecule has 0 spiro atoms. The molecule has 0 radical (unpaired) electrons. The molecule has 1 aliphatic carbocycles. The molecular formula is C13H18N6S. The zero-order valence-corrected chi connectivity index (χ0v) is 12.4. The van der Waals surface area contributed by atoms with Crippen molar-refractivity contribution in [2.75, 3.05) is 18.5 Å². The van der Waals surface area contributed by atoms with E-state index in [2.05, 4.69) is 25.0 Å². The number of aromatic nitrogens is 4. The molecule has 3 heterocycles. The molecule has 0 unspecified atom stereocenters. The highest BCUT2D eigenvalue weighted by Gasteiger charge is 2.31. The number of nitrogens with zero attached hydrogens (tertiary/aromatic N) is 5. The highest BCUT2D eigenvalue weighted by molar-refractivity contribution is 7.15. The van der Waals surface area contributed by atoms with E-state index in [0.29, 0.717) is 5.92 Å². The monoisotopic (exact) mass is 290 g/mol. The summed E-state index contributed by atoms with van der Waals surface area (Å²) in [6.07, 6.45) is 4.42. The molecule has 0 bridgehead atoms. The summed E-state index contributed by atoms with van der Waals surface area (Å²) in [5.41, 5.74) is 1.33. The quantitative estimate of drug-likeness (QED) is 0.921. The summed E-state index contributed by atoms with van der Waals surface area (Å²) < 4.78 is 2.13. The van der Waals surface area contributed by atoms with Crippen LogP contribution in [0.2, 0.25) is 0 Å². The Labute approximate surface area is 121 Å². The van der Waals surface area contributed by atoms with Crippen LogP contribution in [0.4, 0.5) is 5.13 Å². The standard InChI is InChI=1S/C13H18N6S/c1-14-6-10-12(9-2-3-9)16-13(20-10)18-4-5-19-8-15-17-11(19)7-18/h8-9,14H,2-7H2,1H3. The lowest BCUT2D eigenvalue weighted by molar-refractivity contribution is 0.559. The average molecular weight is 290 g/mol. The Balaban J connectivity index is 1.61. The summed E-state index contributed by atoms with van der Waals surface area (Å²) in [4.78, 5) is 8.65. The number of anilines is 1. The minimum absolute atomic E-state index is 0.705. The maximum absolute atomic E-state index is 4.92. The van der Waals surface area contributed by atoms with Crippen LogP contribution < -0.4 is 10.2 Å². The van der Waals surface area contributed by atoms with E-state index >= 15 is 0 Å². The van der Waals surface area contributed by atoms with Crippen molar-refractivity contribution in [1.29, 1.82) is 0 Å². The van der Waals surface area contributed by atoms with E-state index in [-0.39, 0.29) is 0 Å². The second-order valence-corrected chi connectivity index (χ2v) is 6.53. The van der Waals surface area contributed by atoms with E-state index in [1.807, 2.05) is 24.7 Å². The van der Waals surface area contributed by atoms with Crippen LogP contribution in [0.3, 0.4) is 0 Å². The topological polar surface area (TPSA) is 58.9 Å². The zero-order chi connectivity index (χ0) is 13.5. The third-order valence-electron chi connectivity index (χ3n) is 3.93. The number of thiazole rings is 1. The van der Waals surface area contributed by atoms with E-state index < -0.39 is 0 Å². The first-order chi connectivity index (χ1) is 9.85. The maximum Gasteiger partial charge on any atom is 0.186 e. The number of nitrogens with one attached hydrogen (secondary N) is 1. The summed E-state index contributed by atoms with van der Waals surface area (Å²) in [5.74, 6) is 1.74. The van der Waals surface area contributed by atoms with Crippen molar-refractivity contribution in [1.82, 2.24) is 25.1 Å². The van der Waals surface area contributed by atoms with Crippen LogP contribution in [0.15, 0.2) is 6.33 Å². The lowest BCUT2D eigenvalue weighted by atomic mass is 10.2. The van der Waals surface area contributed by atoms with E-state index in [0.717, 1.165) is 37.1 Å². The molecular weight excluding hydrogens is 272 g/mol. The summed E-state index contributed by atoms with van der Waals surface area (Å²) in [7, 11) is 2.00. The highest BCUT2D eigenvalue weighted by atomic mass is 32.1. The molecule has 7 heteroatoms. The van der Waals surface area contributed by atoms with Crippen molar-refractivity contribution >= 4 is 16.5 Å². The summed E-state index contributed by atoms with van der Waals surface area (Å²) in [5, 5.41) is 12.6. The Morgan fingerprint density at radius 2 is 2.30 bits per heavy atom. The van der Waals surface area contributed by atoms with Crippen LogP contribution in [0.25, 0.3) is 0 Å². The van der Waals surface area contributed by atoms with Crippen molar-refractivity contribution in [3.05, 3.63) is 22.7 Å². The molecule has 4 rings (SSSR count). The summed E-state index contributed by atoms with van der Waals surface area (Å²) >= 11 is 1.83. The van der Waals surface area contributed by atoms with Gasteiger partial charge >= 0.3 is 0 Å². The Bertz CT molecular complexity index is 614. The number of hydrogen-bond donors (Lipinski definition) is 1. The molecule has 6 nitrogen and oxygen atoms in total. The van der Waals surface area contributed by atoms with Crippen LogP contribution >= 0.6 is 11.3 Å². The predicted molar refractivity (Wildman–Crippen MR) is 77.9 cm³/mol. The molecule has 0 atom stereocenters. The fourth-order valence-corrected chi connectivity index (χ4v) is 3.86. The van der Waals surface area contributed by atoms with Gasteiger partial charge in [0.05, 0.1) is 12.2 Å². The van der Waals surface area contributed by atoms with Crippen molar-refractivity contribution in [3.63, 3.8) is 0 Å². The predicted octanol–water partition coefficient (Wildman–Crippen LogP) is 1.35. The maximum atomic E-state index is 4.92. The van der Waals surface area contributed by atoms with Crippen LogP contribution in [0.1, 0.15) is 35.2 Å². The van der Waals surface area contributed by atoms with Gasteiger partial charge in [0, 0.05) is 30.4 Å². The first-order valence-corrected chi connectivity index (χ1v) is 7.92. The van der Waals surface area contributed by atoms with Crippen molar-refractivity contribution in [2.24, 2.45) is 0 Å². The Hall–Kier alpha value is -1.47. The second-order valence-electron chi connectivity index (χ2n) is 5.47. The van der Waals surface area contributed by atoms with E-state index in [1.165, 1.54) is 23.4 Å². The summed E-state index contributed by atoms with van der Waals surface area (Å²) in [6, 6.07) is 0. The first kappa shape index (κ1) is 12.3. The Morgan fingerprint density at radius 1 is 1.40 bits per heavy atom. The van der Waals surface area contributed by atoms with Gasteiger partial charge in [-0.3, -0.25) is 0 Å². The van der Waals surface area contributed by atoms with Gasteiger partial charge in [0.2, 0.25) is 0 Å². The molecule has 1 fully saturated rings. The van der Waals surface area contributed by atoms with Gasteiger partial charge in [-0.1, -0.05) is 0 Å². The van der Waals surface area contributed by atoms with Crippen LogP contribution in [-0.4, -0.2) is 33.3 Å². The smallest absolute Gasteiger partial charge is 0.186 e. The Morgan fingerprint density at radius 3 is 3.10 bits per heavy atom. The lowest BCUT2D eigenvalue weighted by Gasteiger charge is -2.26. The molecule has 2 aromatic rings. The fourth-order valence-electron chi connectivity index (χ4n) is 2.68. The van der Waals surface area contributed by atoms with Gasteiger partial charge in [-0.15, -0.1) is 21.5 Å². The largest absolute Gasteiger partial charge is 0.339 e. The van der Waals surface area contributed by atoms with Crippen LogP contribution in [0.5, 0.6) is 0 Å². The van der Waals surface area contributed by atoms with Crippen LogP contribution in [-0.2, 0) is 19.6 Å². The molecule has 2 aromatic heterocycles. The average Bonchev–Trinajstić information content (AvgIpc) is 3.05. The van der Waals surface area contributed by atoms with Gasteiger partial charge in [0.15, 0.2) is 11.0 Å². The van der Waals surface area contributed by atoms with Crippen molar-refractivity contribution < 1.29 is 0 Å². The van der Waals surface area contributed by atoms with Gasteiger partial charge in [0.25, 0.3) is 0 Å². The Kier molecular flexibility index (Phi) is 2.96. The molecule has 20 heavy (non-hydrogen) atoms. The second kappa shape index (κ2) is 4.82. The minimum atomic E-state index is 0.705. The SMILES string of the molecule is CNCc1sc(N2CCn3cnnc3C2)nc1C1CC1. The van der Waals surface area contributed by atoms with Gasteiger partial charge < -0.3 is 14.8 Å². The molecule has 0 aromatic carbocycles. The molecule has 106 valence electrons. The normalized spacial score (nSPS) is 18.4. The molecule has 0 amide bonds. The van der Waals surface area contributed by atoms with Gasteiger partial charge in [-0.05, 0) is 19.9 Å². The van der Waals surface area contributed by atoms with Gasteiger partial charge in [-0.25, -0.2) is 4.98 Å². The third-order valence-corrected chi connectivity index (χ3v) is 5.06.